The molecule has 0 unspecified atom stereocenters. The average molecular weight is 285 g/mol. The zero-order chi connectivity index (χ0) is 14.5. The first-order valence-electron chi connectivity index (χ1n) is 6.14. The van der Waals surface area contributed by atoms with Gasteiger partial charge >= 0.3 is 5.97 Å². The fraction of sp³-hybridized carbons (Fsp3) is 0.462. The van der Waals surface area contributed by atoms with Crippen molar-refractivity contribution in [2.45, 2.75) is 20.8 Å². The SMILES string of the molecule is CCOC(=O)CN(c1ccccc1C)S(=O)(=O)CC. The van der Waals surface area contributed by atoms with Crippen LogP contribution in [-0.2, 0) is 19.6 Å². The largest absolute Gasteiger partial charge is 0.465 e. The molecule has 0 aliphatic carbocycles. The molecule has 0 aliphatic rings. The minimum atomic E-state index is -3.52. The van der Waals surface area contributed by atoms with Crippen molar-refractivity contribution in [3.63, 3.8) is 0 Å². The van der Waals surface area contributed by atoms with E-state index in [-0.39, 0.29) is 18.9 Å². The highest BCUT2D eigenvalue weighted by Crippen LogP contribution is 2.22. The van der Waals surface area contributed by atoms with Crippen LogP contribution in [0, 0.1) is 6.92 Å². The standard InChI is InChI=1S/C13H19NO4S/c1-4-18-13(15)10-14(19(16,17)5-2)12-9-7-6-8-11(12)3/h6-9H,4-5,10H2,1-3H3. The van der Waals surface area contributed by atoms with Gasteiger partial charge in [0, 0.05) is 0 Å². The minimum absolute atomic E-state index is 0.0687. The fourth-order valence-corrected chi connectivity index (χ4v) is 2.77. The lowest BCUT2D eigenvalue weighted by Gasteiger charge is -2.24. The summed E-state index contributed by atoms with van der Waals surface area (Å²) in [7, 11) is -3.52. The molecule has 1 rings (SSSR count). The maximum atomic E-state index is 12.1. The van der Waals surface area contributed by atoms with Crippen molar-refractivity contribution in [2.75, 3.05) is 23.2 Å². The molecule has 0 bridgehead atoms. The summed E-state index contributed by atoms with van der Waals surface area (Å²) in [6.45, 7) is 4.97. The maximum Gasteiger partial charge on any atom is 0.326 e. The van der Waals surface area contributed by atoms with Crippen LogP contribution in [0.25, 0.3) is 0 Å². The summed E-state index contributed by atoms with van der Waals surface area (Å²) < 4.78 is 30.2. The number of hydrogen-bond donors (Lipinski definition) is 0. The Balaban J connectivity index is 3.14. The third-order valence-corrected chi connectivity index (χ3v) is 4.39. The second-order valence-electron chi connectivity index (χ2n) is 4.00. The topological polar surface area (TPSA) is 63.7 Å². The molecule has 0 saturated carbocycles. The number of anilines is 1. The lowest BCUT2D eigenvalue weighted by molar-refractivity contribution is -0.141. The molecule has 0 aliphatic heterocycles. The van der Waals surface area contributed by atoms with Crippen LogP contribution in [-0.4, -0.2) is 33.3 Å². The quantitative estimate of drug-likeness (QED) is 0.746. The van der Waals surface area contributed by atoms with Crippen molar-refractivity contribution in [1.29, 1.82) is 0 Å². The Morgan fingerprint density at radius 2 is 1.89 bits per heavy atom. The molecule has 19 heavy (non-hydrogen) atoms. The number of hydrogen-bond acceptors (Lipinski definition) is 4. The van der Waals surface area contributed by atoms with E-state index < -0.39 is 16.0 Å². The van der Waals surface area contributed by atoms with E-state index >= 15 is 0 Å². The molecule has 0 atom stereocenters. The molecule has 0 spiro atoms. The number of para-hydroxylation sites is 1. The Labute approximate surface area is 114 Å². The third kappa shape index (κ3) is 3.96. The van der Waals surface area contributed by atoms with Gasteiger partial charge < -0.3 is 4.74 Å². The number of esters is 1. The summed E-state index contributed by atoms with van der Waals surface area (Å²) >= 11 is 0. The van der Waals surface area contributed by atoms with Crippen LogP contribution in [0.15, 0.2) is 24.3 Å². The predicted octanol–water partition coefficient (Wildman–Crippen LogP) is 1.71. The van der Waals surface area contributed by atoms with E-state index in [0.717, 1.165) is 9.87 Å². The number of sulfonamides is 1. The number of ether oxygens (including phenoxy) is 1. The Morgan fingerprint density at radius 1 is 1.26 bits per heavy atom. The first kappa shape index (κ1) is 15.5. The summed E-state index contributed by atoms with van der Waals surface area (Å²) in [5, 5.41) is 0. The fourth-order valence-electron chi connectivity index (χ4n) is 1.66. The van der Waals surface area contributed by atoms with Gasteiger partial charge in [0.2, 0.25) is 10.0 Å². The smallest absolute Gasteiger partial charge is 0.326 e. The van der Waals surface area contributed by atoms with Gasteiger partial charge in [-0.05, 0) is 32.4 Å². The van der Waals surface area contributed by atoms with Gasteiger partial charge in [-0.3, -0.25) is 9.10 Å². The zero-order valence-electron chi connectivity index (χ0n) is 11.4. The molecule has 6 heteroatoms. The summed E-state index contributed by atoms with van der Waals surface area (Å²) in [6.07, 6.45) is 0. The average Bonchev–Trinajstić information content (AvgIpc) is 2.37. The van der Waals surface area contributed by atoms with E-state index in [0.29, 0.717) is 5.69 Å². The van der Waals surface area contributed by atoms with Crippen LogP contribution in [0.4, 0.5) is 5.69 Å². The van der Waals surface area contributed by atoms with Crippen molar-refractivity contribution in [1.82, 2.24) is 0 Å². The number of carbonyl (C=O) groups is 1. The summed E-state index contributed by atoms with van der Waals surface area (Å²) in [4.78, 5) is 11.6. The number of carbonyl (C=O) groups excluding carboxylic acids is 1. The molecule has 0 fully saturated rings. The van der Waals surface area contributed by atoms with Crippen LogP contribution in [0.2, 0.25) is 0 Å². The van der Waals surface area contributed by atoms with Crippen molar-refractivity contribution < 1.29 is 17.9 Å². The van der Waals surface area contributed by atoms with Crippen molar-refractivity contribution in [3.8, 4) is 0 Å². The van der Waals surface area contributed by atoms with E-state index in [1.165, 1.54) is 0 Å². The van der Waals surface area contributed by atoms with E-state index in [2.05, 4.69) is 0 Å². The number of nitrogens with zero attached hydrogens (tertiary/aromatic N) is 1. The number of rotatable bonds is 6. The Morgan fingerprint density at radius 3 is 2.42 bits per heavy atom. The Hall–Kier alpha value is -1.56. The molecule has 0 amide bonds. The van der Waals surface area contributed by atoms with Crippen LogP contribution in [0.3, 0.4) is 0 Å². The molecule has 0 saturated heterocycles. The van der Waals surface area contributed by atoms with Crippen LogP contribution >= 0.6 is 0 Å². The second-order valence-corrected chi connectivity index (χ2v) is 6.18. The minimum Gasteiger partial charge on any atom is -0.465 e. The molecular weight excluding hydrogens is 266 g/mol. The highest BCUT2D eigenvalue weighted by molar-refractivity contribution is 7.92. The van der Waals surface area contributed by atoms with Gasteiger partial charge in [-0.15, -0.1) is 0 Å². The predicted molar refractivity (Wildman–Crippen MR) is 74.6 cm³/mol. The van der Waals surface area contributed by atoms with E-state index in [1.807, 2.05) is 6.07 Å². The van der Waals surface area contributed by atoms with E-state index in [4.69, 9.17) is 4.74 Å². The summed E-state index contributed by atoms with van der Waals surface area (Å²) in [5.74, 6) is -0.622. The summed E-state index contributed by atoms with van der Waals surface area (Å²) in [6, 6.07) is 7.05. The van der Waals surface area contributed by atoms with Gasteiger partial charge in [-0.1, -0.05) is 18.2 Å². The molecule has 0 radical (unpaired) electrons. The first-order valence-corrected chi connectivity index (χ1v) is 7.75. The Bertz CT molecular complexity index is 539. The molecule has 0 aromatic heterocycles. The van der Waals surface area contributed by atoms with Crippen LogP contribution in [0.5, 0.6) is 0 Å². The van der Waals surface area contributed by atoms with Gasteiger partial charge in [0.1, 0.15) is 6.54 Å². The normalized spacial score (nSPS) is 11.1. The molecule has 1 aromatic rings. The molecule has 1 aromatic carbocycles. The molecule has 0 N–H and O–H groups in total. The first-order chi connectivity index (χ1) is 8.92. The zero-order valence-corrected chi connectivity index (χ0v) is 12.2. The van der Waals surface area contributed by atoms with Gasteiger partial charge in [0.15, 0.2) is 0 Å². The maximum absolute atomic E-state index is 12.1. The monoisotopic (exact) mass is 285 g/mol. The van der Waals surface area contributed by atoms with Crippen molar-refractivity contribution in [2.24, 2.45) is 0 Å². The van der Waals surface area contributed by atoms with Gasteiger partial charge in [0.05, 0.1) is 18.0 Å². The molecular formula is C13H19NO4S. The molecule has 106 valence electrons. The van der Waals surface area contributed by atoms with Crippen molar-refractivity contribution in [3.05, 3.63) is 29.8 Å². The molecule has 5 nitrogen and oxygen atoms in total. The second kappa shape index (κ2) is 6.56. The molecule has 0 heterocycles. The van der Waals surface area contributed by atoms with Crippen LogP contribution < -0.4 is 4.31 Å². The van der Waals surface area contributed by atoms with Crippen LogP contribution in [0.1, 0.15) is 19.4 Å². The highest BCUT2D eigenvalue weighted by atomic mass is 32.2. The van der Waals surface area contributed by atoms with Crippen molar-refractivity contribution >= 4 is 21.7 Å². The lowest BCUT2D eigenvalue weighted by Crippen LogP contribution is -2.38. The number of aryl methyl sites for hydroxylation is 1. The van der Waals surface area contributed by atoms with Gasteiger partial charge in [0.25, 0.3) is 0 Å². The number of benzene rings is 1. The van der Waals surface area contributed by atoms with Gasteiger partial charge in [-0.25, -0.2) is 8.42 Å². The highest BCUT2D eigenvalue weighted by Gasteiger charge is 2.24. The third-order valence-electron chi connectivity index (χ3n) is 2.66. The van der Waals surface area contributed by atoms with E-state index in [9.17, 15) is 13.2 Å². The lowest BCUT2D eigenvalue weighted by atomic mass is 10.2. The van der Waals surface area contributed by atoms with Gasteiger partial charge in [-0.2, -0.15) is 0 Å². The summed E-state index contributed by atoms with van der Waals surface area (Å²) in [5.41, 5.74) is 1.31. The Kier molecular flexibility index (Phi) is 5.35. The van der Waals surface area contributed by atoms with E-state index in [1.54, 1.807) is 39.0 Å².